The highest BCUT2D eigenvalue weighted by Gasteiger charge is 2.22. The van der Waals surface area contributed by atoms with E-state index in [9.17, 15) is 9.90 Å². The zero-order chi connectivity index (χ0) is 20.2. The van der Waals surface area contributed by atoms with Gasteiger partial charge in [-0.1, -0.05) is 48.5 Å². The van der Waals surface area contributed by atoms with Gasteiger partial charge in [0.15, 0.2) is 0 Å². The number of aromatic carboxylic acids is 1. The van der Waals surface area contributed by atoms with Crippen molar-refractivity contribution < 1.29 is 9.90 Å². The van der Waals surface area contributed by atoms with Gasteiger partial charge in [0.2, 0.25) is 0 Å². The third-order valence-corrected chi connectivity index (χ3v) is 5.69. The fourth-order valence-electron chi connectivity index (χ4n) is 4.13. The number of rotatable bonds is 5. The zero-order valence-electron chi connectivity index (χ0n) is 16.7. The lowest BCUT2D eigenvalue weighted by atomic mass is 9.93. The van der Waals surface area contributed by atoms with Crippen LogP contribution in [-0.4, -0.2) is 34.0 Å². The molecule has 0 aliphatic carbocycles. The fourth-order valence-corrected chi connectivity index (χ4v) is 4.13. The number of carboxylic acid groups (broad SMARTS) is 1. The summed E-state index contributed by atoms with van der Waals surface area (Å²) in [4.78, 5) is 18.6. The van der Waals surface area contributed by atoms with Crippen molar-refractivity contribution in [1.29, 1.82) is 0 Å². The maximum Gasteiger partial charge on any atom is 0.336 e. The topological polar surface area (TPSA) is 53.4 Å². The van der Waals surface area contributed by atoms with Crippen LogP contribution in [0.5, 0.6) is 0 Å². The summed E-state index contributed by atoms with van der Waals surface area (Å²) in [6.45, 7) is 5.11. The van der Waals surface area contributed by atoms with Gasteiger partial charge in [0.05, 0.1) is 5.56 Å². The first-order valence-electron chi connectivity index (χ1n) is 10.2. The van der Waals surface area contributed by atoms with Crippen molar-refractivity contribution in [2.24, 2.45) is 0 Å². The van der Waals surface area contributed by atoms with Crippen LogP contribution in [0.15, 0.2) is 66.9 Å². The molecule has 4 nitrogen and oxygen atoms in total. The van der Waals surface area contributed by atoms with Crippen molar-refractivity contribution >= 4 is 5.97 Å². The molecule has 1 aromatic heterocycles. The first kappa shape index (κ1) is 19.3. The first-order chi connectivity index (χ1) is 14.1. The lowest BCUT2D eigenvalue weighted by Crippen LogP contribution is -2.34. The molecule has 1 N–H and O–H groups in total. The highest BCUT2D eigenvalue weighted by molar-refractivity contribution is 5.95. The van der Waals surface area contributed by atoms with Crippen LogP contribution in [0.1, 0.15) is 45.9 Å². The number of carboxylic acids is 1. The van der Waals surface area contributed by atoms with Gasteiger partial charge in [-0.05, 0) is 60.7 Å². The molecule has 1 aliphatic heterocycles. The molecular formula is C25H26N2O2. The van der Waals surface area contributed by atoms with Crippen molar-refractivity contribution in [3.05, 3.63) is 89.2 Å². The zero-order valence-corrected chi connectivity index (χ0v) is 16.7. The van der Waals surface area contributed by atoms with Crippen LogP contribution in [0, 0.1) is 6.92 Å². The number of likely N-dealkylation sites (tertiary alicyclic amines) is 1. The van der Waals surface area contributed by atoms with Crippen molar-refractivity contribution in [2.75, 3.05) is 13.1 Å². The predicted molar refractivity (Wildman–Crippen MR) is 115 cm³/mol. The summed E-state index contributed by atoms with van der Waals surface area (Å²) < 4.78 is 0. The van der Waals surface area contributed by atoms with E-state index < -0.39 is 5.97 Å². The van der Waals surface area contributed by atoms with E-state index in [1.54, 1.807) is 12.1 Å². The Bertz CT molecular complexity index is 980. The minimum absolute atomic E-state index is 0.338. The Balaban J connectivity index is 1.45. The average Bonchev–Trinajstić information content (AvgIpc) is 2.75. The number of hydrogen-bond acceptors (Lipinski definition) is 3. The Morgan fingerprint density at radius 2 is 1.90 bits per heavy atom. The standard InChI is InChI=1S/C25H26N2O2/c1-18-8-13-24(26-15-18)21-5-4-14-27(17-21)16-19-9-11-20(12-10-19)22-6-2-3-7-23(22)25(28)29/h2-3,6-13,15,21H,4-5,14,16-17H2,1H3,(H,28,29)/t21-/m0/s1. The highest BCUT2D eigenvalue weighted by Crippen LogP contribution is 2.28. The molecule has 0 spiro atoms. The molecule has 0 saturated carbocycles. The summed E-state index contributed by atoms with van der Waals surface area (Å²) in [5, 5.41) is 9.42. The van der Waals surface area contributed by atoms with E-state index in [-0.39, 0.29) is 0 Å². The van der Waals surface area contributed by atoms with E-state index >= 15 is 0 Å². The smallest absolute Gasteiger partial charge is 0.336 e. The number of nitrogens with zero attached hydrogens (tertiary/aromatic N) is 2. The summed E-state index contributed by atoms with van der Waals surface area (Å²) >= 11 is 0. The number of carbonyl (C=O) groups is 1. The molecule has 0 bridgehead atoms. The largest absolute Gasteiger partial charge is 0.478 e. The lowest BCUT2D eigenvalue weighted by molar-refractivity contribution is 0.0697. The van der Waals surface area contributed by atoms with E-state index in [1.807, 2.05) is 30.5 Å². The second-order valence-electron chi connectivity index (χ2n) is 7.88. The van der Waals surface area contributed by atoms with E-state index in [0.717, 1.165) is 30.8 Å². The Kier molecular flexibility index (Phi) is 5.72. The molecule has 2 aromatic carbocycles. The summed E-state index contributed by atoms with van der Waals surface area (Å²) in [5.41, 5.74) is 5.68. The number of piperidine rings is 1. The van der Waals surface area contributed by atoms with Gasteiger partial charge in [-0.15, -0.1) is 0 Å². The summed E-state index contributed by atoms with van der Waals surface area (Å²) in [6.07, 6.45) is 4.34. The molecule has 0 unspecified atom stereocenters. The third-order valence-electron chi connectivity index (χ3n) is 5.69. The minimum atomic E-state index is -0.895. The quantitative estimate of drug-likeness (QED) is 0.660. The molecule has 0 amide bonds. The molecule has 29 heavy (non-hydrogen) atoms. The van der Waals surface area contributed by atoms with E-state index in [0.29, 0.717) is 11.5 Å². The second kappa shape index (κ2) is 8.58. The van der Waals surface area contributed by atoms with Crippen molar-refractivity contribution in [3.8, 4) is 11.1 Å². The Hall–Kier alpha value is -2.98. The maximum absolute atomic E-state index is 11.5. The van der Waals surface area contributed by atoms with Crippen molar-refractivity contribution in [1.82, 2.24) is 9.88 Å². The second-order valence-corrected chi connectivity index (χ2v) is 7.88. The van der Waals surface area contributed by atoms with Crippen LogP contribution in [0.2, 0.25) is 0 Å². The van der Waals surface area contributed by atoms with Crippen LogP contribution in [0.3, 0.4) is 0 Å². The average molecular weight is 386 g/mol. The molecule has 0 radical (unpaired) electrons. The summed E-state index contributed by atoms with van der Waals surface area (Å²) in [5.74, 6) is -0.403. The summed E-state index contributed by atoms with van der Waals surface area (Å²) in [7, 11) is 0. The number of aryl methyl sites for hydroxylation is 1. The van der Waals surface area contributed by atoms with Gasteiger partial charge in [0, 0.05) is 30.9 Å². The van der Waals surface area contributed by atoms with Gasteiger partial charge in [-0.25, -0.2) is 4.79 Å². The van der Waals surface area contributed by atoms with Gasteiger partial charge < -0.3 is 5.11 Å². The van der Waals surface area contributed by atoms with Gasteiger partial charge >= 0.3 is 5.97 Å². The Morgan fingerprint density at radius 3 is 2.62 bits per heavy atom. The summed E-state index contributed by atoms with van der Waals surface area (Å²) in [6, 6.07) is 19.7. The van der Waals surface area contributed by atoms with Gasteiger partial charge in [-0.3, -0.25) is 9.88 Å². The molecule has 1 atom stereocenters. The van der Waals surface area contributed by atoms with Crippen molar-refractivity contribution in [3.63, 3.8) is 0 Å². The normalized spacial score (nSPS) is 17.2. The molecule has 1 saturated heterocycles. The van der Waals surface area contributed by atoms with Gasteiger partial charge in [0.1, 0.15) is 0 Å². The fraction of sp³-hybridized carbons (Fsp3) is 0.280. The van der Waals surface area contributed by atoms with Crippen molar-refractivity contribution in [2.45, 2.75) is 32.2 Å². The Labute approximate surface area is 171 Å². The Morgan fingerprint density at radius 1 is 1.10 bits per heavy atom. The number of pyridine rings is 1. The van der Waals surface area contributed by atoms with Gasteiger partial charge in [-0.2, -0.15) is 0 Å². The predicted octanol–water partition coefficient (Wildman–Crippen LogP) is 5.13. The molecule has 4 heteroatoms. The van der Waals surface area contributed by atoms with Crippen LogP contribution in [0.4, 0.5) is 0 Å². The molecule has 1 fully saturated rings. The van der Waals surface area contributed by atoms with E-state index in [1.165, 1.54) is 29.7 Å². The monoisotopic (exact) mass is 386 g/mol. The van der Waals surface area contributed by atoms with E-state index in [2.05, 4.69) is 41.1 Å². The van der Waals surface area contributed by atoms with E-state index in [4.69, 9.17) is 0 Å². The minimum Gasteiger partial charge on any atom is -0.478 e. The molecular weight excluding hydrogens is 360 g/mol. The molecule has 1 aliphatic rings. The van der Waals surface area contributed by atoms with Crippen LogP contribution in [-0.2, 0) is 6.54 Å². The molecule has 2 heterocycles. The SMILES string of the molecule is Cc1ccc([C@H]2CCCN(Cc3ccc(-c4ccccc4C(=O)O)cc3)C2)nc1. The molecule has 4 rings (SSSR count). The number of aromatic nitrogens is 1. The van der Waals surface area contributed by atoms with Crippen LogP contribution < -0.4 is 0 Å². The van der Waals surface area contributed by atoms with Crippen LogP contribution in [0.25, 0.3) is 11.1 Å². The first-order valence-corrected chi connectivity index (χ1v) is 10.2. The third kappa shape index (κ3) is 4.54. The number of hydrogen-bond donors (Lipinski definition) is 1. The maximum atomic E-state index is 11.5. The highest BCUT2D eigenvalue weighted by atomic mass is 16.4. The van der Waals surface area contributed by atoms with Gasteiger partial charge in [0.25, 0.3) is 0 Å². The van der Waals surface area contributed by atoms with Crippen LogP contribution >= 0.6 is 0 Å². The lowest BCUT2D eigenvalue weighted by Gasteiger charge is -2.32. The number of benzene rings is 2. The molecule has 148 valence electrons. The molecule has 3 aromatic rings.